The number of H-pyrrole nitrogens is 1. The minimum Gasteiger partial charge on any atom is -0.357 e. The minimum absolute atomic E-state index is 0.547. The van der Waals surface area contributed by atoms with Crippen LogP contribution in [0.15, 0.2) is 65.8 Å². The lowest BCUT2D eigenvalue weighted by atomic mass is 10.1. The third-order valence-electron chi connectivity index (χ3n) is 4.29. The highest BCUT2D eigenvalue weighted by atomic mass is 15.3. The highest BCUT2D eigenvalue weighted by Crippen LogP contribution is 2.16. The van der Waals surface area contributed by atoms with Crippen LogP contribution in [0, 0.1) is 11.3 Å². The lowest BCUT2D eigenvalue weighted by Crippen LogP contribution is -2.38. The van der Waals surface area contributed by atoms with E-state index in [1.165, 1.54) is 0 Å². The van der Waals surface area contributed by atoms with Gasteiger partial charge in [-0.15, -0.1) is 0 Å². The molecule has 0 amide bonds. The molecule has 2 aromatic carbocycles. The van der Waals surface area contributed by atoms with Crippen LogP contribution >= 0.6 is 0 Å². The summed E-state index contributed by atoms with van der Waals surface area (Å²) in [5.41, 5.74) is 3.84. The molecule has 0 saturated heterocycles. The number of benzene rings is 2. The van der Waals surface area contributed by atoms with Gasteiger partial charge in [0, 0.05) is 13.6 Å². The molecule has 1 aromatic heterocycles. The Morgan fingerprint density at radius 1 is 1.18 bits per heavy atom. The molecule has 0 saturated carbocycles. The van der Waals surface area contributed by atoms with Crippen molar-refractivity contribution >= 4 is 5.96 Å². The molecular weight excluding hydrogens is 348 g/mol. The lowest BCUT2D eigenvalue weighted by molar-refractivity contribution is 0.464. The van der Waals surface area contributed by atoms with Crippen LogP contribution in [0.3, 0.4) is 0 Å². The summed E-state index contributed by atoms with van der Waals surface area (Å²) in [6, 6.07) is 19.8. The van der Waals surface area contributed by atoms with E-state index in [0.29, 0.717) is 18.7 Å². The van der Waals surface area contributed by atoms with E-state index in [2.05, 4.69) is 33.5 Å². The molecule has 0 atom stereocenters. The Morgan fingerprint density at radius 2 is 1.93 bits per heavy atom. The van der Waals surface area contributed by atoms with Crippen LogP contribution in [0.4, 0.5) is 0 Å². The van der Waals surface area contributed by atoms with E-state index in [1.807, 2.05) is 67.5 Å². The molecule has 0 radical (unpaired) electrons. The topological polar surface area (TPSA) is 80.1 Å². The van der Waals surface area contributed by atoms with Crippen molar-refractivity contribution in [3.63, 3.8) is 0 Å². The van der Waals surface area contributed by atoms with Gasteiger partial charge in [-0.3, -0.25) is 0 Å². The fourth-order valence-electron chi connectivity index (χ4n) is 2.83. The first-order valence-corrected chi connectivity index (χ1v) is 9.27. The number of aromatic nitrogens is 2. The number of nitrogens with zero attached hydrogens (tertiary/aromatic N) is 4. The van der Waals surface area contributed by atoms with Crippen LogP contribution in [0.5, 0.6) is 0 Å². The van der Waals surface area contributed by atoms with Gasteiger partial charge in [0.2, 0.25) is 0 Å². The largest absolute Gasteiger partial charge is 0.357 e. The molecule has 3 aromatic rings. The summed E-state index contributed by atoms with van der Waals surface area (Å²) in [6.45, 7) is 3.99. The van der Waals surface area contributed by atoms with E-state index in [1.54, 1.807) is 0 Å². The Kier molecular flexibility index (Phi) is 6.42. The smallest absolute Gasteiger partial charge is 0.194 e. The lowest BCUT2D eigenvalue weighted by Gasteiger charge is -2.21. The Balaban J connectivity index is 1.68. The maximum atomic E-state index is 8.90. The second kappa shape index (κ2) is 9.38. The van der Waals surface area contributed by atoms with Gasteiger partial charge < -0.3 is 15.2 Å². The van der Waals surface area contributed by atoms with Crippen LogP contribution in [0.25, 0.3) is 11.3 Å². The fourth-order valence-corrected chi connectivity index (χ4v) is 2.83. The highest BCUT2D eigenvalue weighted by molar-refractivity contribution is 5.79. The maximum absolute atomic E-state index is 8.90. The Hall–Kier alpha value is -3.59. The molecule has 142 valence electrons. The first-order chi connectivity index (χ1) is 13.7. The summed E-state index contributed by atoms with van der Waals surface area (Å²) < 4.78 is 0. The van der Waals surface area contributed by atoms with Crippen molar-refractivity contribution in [2.45, 2.75) is 20.0 Å². The molecule has 0 spiro atoms. The zero-order valence-electron chi connectivity index (χ0n) is 16.2. The molecule has 0 aliphatic carbocycles. The number of nitrogens with one attached hydrogen (secondary N) is 2. The molecule has 0 bridgehead atoms. The van der Waals surface area contributed by atoms with E-state index in [4.69, 9.17) is 10.3 Å². The zero-order valence-corrected chi connectivity index (χ0v) is 16.2. The minimum atomic E-state index is 0.547. The summed E-state index contributed by atoms with van der Waals surface area (Å²) in [7, 11) is 1.99. The highest BCUT2D eigenvalue weighted by Gasteiger charge is 2.10. The van der Waals surface area contributed by atoms with Gasteiger partial charge in [-0.2, -0.15) is 5.26 Å². The number of aliphatic imine (C=N–C) groups is 1. The van der Waals surface area contributed by atoms with Gasteiger partial charge in [0.25, 0.3) is 0 Å². The maximum Gasteiger partial charge on any atom is 0.194 e. The van der Waals surface area contributed by atoms with Gasteiger partial charge >= 0.3 is 0 Å². The fraction of sp³-hybridized carbons (Fsp3) is 0.227. The van der Waals surface area contributed by atoms with Crippen molar-refractivity contribution in [3.05, 3.63) is 77.7 Å². The van der Waals surface area contributed by atoms with Crippen LogP contribution in [-0.2, 0) is 13.1 Å². The van der Waals surface area contributed by atoms with Crippen LogP contribution in [0.2, 0.25) is 0 Å². The SMILES string of the molecule is CCNC(=NCc1ccc(C#N)cc1)N(C)Cc1ncc(-c2ccccc2)[nH]1. The van der Waals surface area contributed by atoms with Gasteiger partial charge in [-0.05, 0) is 30.2 Å². The van der Waals surface area contributed by atoms with Gasteiger partial charge in [0.05, 0.1) is 36.6 Å². The van der Waals surface area contributed by atoms with Gasteiger partial charge in [0.1, 0.15) is 5.82 Å². The van der Waals surface area contributed by atoms with E-state index in [9.17, 15) is 0 Å². The van der Waals surface area contributed by atoms with Crippen LogP contribution in [-0.4, -0.2) is 34.4 Å². The molecule has 3 rings (SSSR count). The number of guanidine groups is 1. The Labute approximate surface area is 165 Å². The standard InChI is InChI=1S/C22H24N6/c1-3-24-22(26-14-18-11-9-17(13-23)10-12-18)28(2)16-21-25-15-20(27-21)19-7-5-4-6-8-19/h4-12,15H,3,14,16H2,1-2H3,(H,24,26)(H,25,27). The van der Waals surface area contributed by atoms with E-state index in [0.717, 1.165) is 35.1 Å². The van der Waals surface area contributed by atoms with Crippen molar-refractivity contribution in [3.8, 4) is 17.3 Å². The monoisotopic (exact) mass is 372 g/mol. The molecule has 6 nitrogen and oxygen atoms in total. The van der Waals surface area contributed by atoms with Gasteiger partial charge in [-0.25, -0.2) is 9.98 Å². The molecule has 0 unspecified atom stereocenters. The summed E-state index contributed by atoms with van der Waals surface area (Å²) >= 11 is 0. The second-order valence-electron chi connectivity index (χ2n) is 6.44. The summed E-state index contributed by atoms with van der Waals surface area (Å²) in [5, 5.41) is 12.2. The number of nitriles is 1. The third kappa shape index (κ3) is 4.98. The van der Waals surface area contributed by atoms with E-state index < -0.39 is 0 Å². The Bertz CT molecular complexity index is 951. The number of hydrogen-bond acceptors (Lipinski definition) is 3. The predicted octanol–water partition coefficient (Wildman–Crippen LogP) is 3.55. The number of aromatic amines is 1. The van der Waals surface area contributed by atoms with E-state index in [-0.39, 0.29) is 0 Å². The molecule has 0 fully saturated rings. The van der Waals surface area contributed by atoms with E-state index >= 15 is 0 Å². The van der Waals surface area contributed by atoms with Crippen molar-refractivity contribution in [2.24, 2.45) is 4.99 Å². The summed E-state index contributed by atoms with van der Waals surface area (Å²) in [6.07, 6.45) is 1.86. The number of hydrogen-bond donors (Lipinski definition) is 2. The molecule has 28 heavy (non-hydrogen) atoms. The van der Waals surface area contributed by atoms with Gasteiger partial charge in [-0.1, -0.05) is 42.5 Å². The molecule has 1 heterocycles. The average Bonchev–Trinajstić information content (AvgIpc) is 3.20. The quantitative estimate of drug-likeness (QED) is 0.512. The summed E-state index contributed by atoms with van der Waals surface area (Å²) in [4.78, 5) is 14.6. The average molecular weight is 372 g/mol. The molecule has 0 aliphatic rings. The molecular formula is C22H24N6. The number of rotatable bonds is 6. The van der Waals surface area contributed by atoms with Crippen molar-refractivity contribution in [1.29, 1.82) is 5.26 Å². The second-order valence-corrected chi connectivity index (χ2v) is 6.44. The third-order valence-corrected chi connectivity index (χ3v) is 4.29. The normalized spacial score (nSPS) is 11.1. The first-order valence-electron chi connectivity index (χ1n) is 9.27. The Morgan fingerprint density at radius 3 is 2.61 bits per heavy atom. The van der Waals surface area contributed by atoms with Crippen LogP contribution < -0.4 is 5.32 Å². The predicted molar refractivity (Wildman–Crippen MR) is 111 cm³/mol. The summed E-state index contributed by atoms with van der Waals surface area (Å²) in [5.74, 6) is 1.69. The molecule has 6 heteroatoms. The van der Waals surface area contributed by atoms with Gasteiger partial charge in [0.15, 0.2) is 5.96 Å². The van der Waals surface area contributed by atoms with Crippen LogP contribution in [0.1, 0.15) is 23.9 Å². The molecule has 2 N–H and O–H groups in total. The molecule has 0 aliphatic heterocycles. The van der Waals surface area contributed by atoms with Crippen molar-refractivity contribution < 1.29 is 0 Å². The van der Waals surface area contributed by atoms with Crippen molar-refractivity contribution in [2.75, 3.05) is 13.6 Å². The zero-order chi connectivity index (χ0) is 19.8. The first kappa shape index (κ1) is 19.2. The van der Waals surface area contributed by atoms with Crippen molar-refractivity contribution in [1.82, 2.24) is 20.2 Å². The number of imidazole rings is 1.